The molecule has 2 heterocycles. The van der Waals surface area contributed by atoms with E-state index in [2.05, 4.69) is 15.6 Å². The summed E-state index contributed by atoms with van der Waals surface area (Å²) in [4.78, 5) is 42.2. The highest BCUT2D eigenvalue weighted by Gasteiger charge is 2.29. The van der Waals surface area contributed by atoms with Gasteiger partial charge in [-0.2, -0.15) is 0 Å². The Bertz CT molecular complexity index is 1250. The topological polar surface area (TPSA) is 97.4 Å². The molecule has 1 aliphatic heterocycles. The smallest absolute Gasteiger partial charge is 0.259 e. The number of nitrogens with zero attached hydrogens (tertiary/aromatic N) is 1. The zero-order valence-electron chi connectivity index (χ0n) is 17.0. The lowest BCUT2D eigenvalue weighted by Crippen LogP contribution is -2.28. The van der Waals surface area contributed by atoms with Crippen molar-refractivity contribution in [1.29, 1.82) is 0 Å². The van der Waals surface area contributed by atoms with Crippen molar-refractivity contribution in [1.82, 2.24) is 10.3 Å². The summed E-state index contributed by atoms with van der Waals surface area (Å²) in [6, 6.07) is 14.9. The van der Waals surface area contributed by atoms with Gasteiger partial charge in [0.05, 0.1) is 18.4 Å². The van der Waals surface area contributed by atoms with Gasteiger partial charge in [0.2, 0.25) is 11.7 Å². The van der Waals surface area contributed by atoms with E-state index >= 15 is 0 Å². The van der Waals surface area contributed by atoms with Crippen molar-refractivity contribution in [2.75, 3.05) is 12.4 Å². The Balaban J connectivity index is 1.54. The number of hydrogen-bond acceptors (Lipinski definition) is 5. The second kappa shape index (κ2) is 9.03. The lowest BCUT2D eigenvalue weighted by atomic mass is 9.93. The molecule has 0 spiro atoms. The number of anilines is 1. The average molecular weight is 448 g/mol. The van der Waals surface area contributed by atoms with Crippen molar-refractivity contribution in [3.05, 3.63) is 93.6 Å². The number of Topliss-reactive ketones (excluding diaryl/α,β-unsaturated/α-hetero) is 1. The monoisotopic (exact) mass is 447 g/mol. The third-order valence-electron chi connectivity index (χ3n) is 4.88. The zero-order chi connectivity index (χ0) is 22.7. The van der Waals surface area contributed by atoms with Crippen LogP contribution in [0.15, 0.2) is 66.4 Å². The molecule has 0 fully saturated rings. The van der Waals surface area contributed by atoms with E-state index < -0.39 is 11.7 Å². The van der Waals surface area contributed by atoms with E-state index in [-0.39, 0.29) is 23.6 Å². The molecule has 8 heteroatoms. The number of fused-ring (bicyclic) bond motifs is 1. The van der Waals surface area contributed by atoms with Crippen molar-refractivity contribution in [3.8, 4) is 5.88 Å². The molecule has 32 heavy (non-hydrogen) atoms. The summed E-state index contributed by atoms with van der Waals surface area (Å²) >= 11 is 5.99. The molecule has 0 radical (unpaired) electrons. The van der Waals surface area contributed by atoms with Gasteiger partial charge in [-0.15, -0.1) is 0 Å². The summed E-state index contributed by atoms with van der Waals surface area (Å²) in [5.41, 5.74) is 2.31. The number of halogens is 1. The van der Waals surface area contributed by atoms with Gasteiger partial charge in [0.25, 0.3) is 11.8 Å². The lowest BCUT2D eigenvalue weighted by Gasteiger charge is -2.19. The number of methoxy groups -OCH3 is 1. The Kier molecular flexibility index (Phi) is 6.00. The first-order chi connectivity index (χ1) is 15.4. The van der Waals surface area contributed by atoms with Crippen LogP contribution in [0, 0.1) is 0 Å². The van der Waals surface area contributed by atoms with Gasteiger partial charge in [-0.1, -0.05) is 29.8 Å². The molecule has 2 amide bonds. The van der Waals surface area contributed by atoms with E-state index in [9.17, 15) is 14.4 Å². The first-order valence-corrected chi connectivity index (χ1v) is 10.1. The number of carbonyl (C=O) groups excluding carboxylic acids is 3. The highest BCUT2D eigenvalue weighted by atomic mass is 35.5. The van der Waals surface area contributed by atoms with Gasteiger partial charge < -0.3 is 15.4 Å². The van der Waals surface area contributed by atoms with Gasteiger partial charge in [0.15, 0.2) is 0 Å². The Hall–Kier alpha value is -3.97. The van der Waals surface area contributed by atoms with E-state index in [4.69, 9.17) is 16.3 Å². The molecule has 2 aromatic carbocycles. The van der Waals surface area contributed by atoms with Gasteiger partial charge in [-0.05, 0) is 47.5 Å². The fourth-order valence-corrected chi connectivity index (χ4v) is 3.43. The molecule has 0 aliphatic carbocycles. The van der Waals surface area contributed by atoms with Gasteiger partial charge in [-0.3, -0.25) is 14.4 Å². The quantitative estimate of drug-likeness (QED) is 0.456. The number of benzene rings is 2. The Morgan fingerprint density at radius 3 is 2.72 bits per heavy atom. The number of pyridine rings is 1. The standard InChI is InChI=1S/C24H18ClN3O4/c1-32-21-8-5-15(12-26-21)13-27-23(30)16-6-7-20-18(11-16)22(29)19(24(31)28-20)10-14-3-2-4-17(25)9-14/h2-12H,13H2,1H3,(H,27,30)(H,28,31)/b19-10-. The highest BCUT2D eigenvalue weighted by Crippen LogP contribution is 2.28. The molecule has 0 saturated carbocycles. The molecule has 1 aliphatic rings. The van der Waals surface area contributed by atoms with Crippen LogP contribution in [0.2, 0.25) is 5.02 Å². The maximum absolute atomic E-state index is 13.0. The maximum atomic E-state index is 13.0. The first-order valence-electron chi connectivity index (χ1n) is 9.69. The van der Waals surface area contributed by atoms with Gasteiger partial charge in [0.1, 0.15) is 0 Å². The van der Waals surface area contributed by atoms with E-state index in [1.807, 2.05) is 0 Å². The predicted octanol–water partition coefficient (Wildman–Crippen LogP) is 3.89. The maximum Gasteiger partial charge on any atom is 0.259 e. The van der Waals surface area contributed by atoms with Crippen LogP contribution in [0.5, 0.6) is 5.88 Å². The minimum Gasteiger partial charge on any atom is -0.481 e. The summed E-state index contributed by atoms with van der Waals surface area (Å²) in [5, 5.41) is 5.98. The largest absolute Gasteiger partial charge is 0.481 e. The Morgan fingerprint density at radius 1 is 1.16 bits per heavy atom. The second-order valence-corrected chi connectivity index (χ2v) is 7.48. The minimum atomic E-state index is -0.508. The summed E-state index contributed by atoms with van der Waals surface area (Å²) in [7, 11) is 1.53. The Morgan fingerprint density at radius 2 is 2.00 bits per heavy atom. The molecule has 0 bridgehead atoms. The highest BCUT2D eigenvalue weighted by molar-refractivity contribution is 6.36. The van der Waals surface area contributed by atoms with Crippen molar-refractivity contribution < 1.29 is 19.1 Å². The SMILES string of the molecule is COc1ccc(CNC(=O)c2ccc3c(c2)C(=O)/C(=C/c2cccc(Cl)c2)C(=O)N3)cn1. The molecule has 160 valence electrons. The third kappa shape index (κ3) is 4.53. The molecular formula is C24H18ClN3O4. The van der Waals surface area contributed by atoms with Crippen molar-refractivity contribution >= 4 is 41.0 Å². The van der Waals surface area contributed by atoms with Crippen LogP contribution in [0.25, 0.3) is 6.08 Å². The van der Waals surface area contributed by atoms with Gasteiger partial charge in [-0.25, -0.2) is 4.98 Å². The number of ether oxygens (including phenoxy) is 1. The number of hydrogen-bond donors (Lipinski definition) is 2. The van der Waals surface area contributed by atoms with Crippen molar-refractivity contribution in [2.24, 2.45) is 0 Å². The van der Waals surface area contributed by atoms with Crippen molar-refractivity contribution in [3.63, 3.8) is 0 Å². The Labute approximate surface area is 189 Å². The predicted molar refractivity (Wildman–Crippen MR) is 121 cm³/mol. The summed E-state index contributed by atoms with van der Waals surface area (Å²) in [6.07, 6.45) is 3.09. The van der Waals surface area contributed by atoms with Crippen LogP contribution in [0.3, 0.4) is 0 Å². The summed E-state index contributed by atoms with van der Waals surface area (Å²) < 4.78 is 5.02. The van der Waals surface area contributed by atoms with Crippen LogP contribution in [0.1, 0.15) is 31.8 Å². The molecule has 1 aromatic heterocycles. The fourth-order valence-electron chi connectivity index (χ4n) is 3.23. The van der Waals surface area contributed by atoms with E-state index in [1.165, 1.54) is 19.3 Å². The minimum absolute atomic E-state index is 0.0263. The molecule has 4 rings (SSSR count). The number of ketones is 1. The number of nitrogens with one attached hydrogen (secondary N) is 2. The number of carbonyl (C=O) groups is 3. The van der Waals surface area contributed by atoms with Crippen LogP contribution in [-0.4, -0.2) is 29.7 Å². The van der Waals surface area contributed by atoms with Crippen molar-refractivity contribution in [2.45, 2.75) is 6.54 Å². The molecule has 7 nitrogen and oxygen atoms in total. The van der Waals surface area contributed by atoms with E-state index in [1.54, 1.807) is 54.7 Å². The van der Waals surface area contributed by atoms with Crippen LogP contribution in [0.4, 0.5) is 5.69 Å². The second-order valence-electron chi connectivity index (χ2n) is 7.05. The number of aromatic nitrogens is 1. The fraction of sp³-hybridized carbons (Fsp3) is 0.0833. The van der Waals surface area contributed by atoms with Crippen LogP contribution >= 0.6 is 11.6 Å². The lowest BCUT2D eigenvalue weighted by molar-refractivity contribution is -0.112. The van der Waals surface area contributed by atoms with Crippen LogP contribution in [-0.2, 0) is 11.3 Å². The molecule has 3 aromatic rings. The van der Waals surface area contributed by atoms with E-state index in [0.29, 0.717) is 27.7 Å². The van der Waals surface area contributed by atoms with Crippen LogP contribution < -0.4 is 15.4 Å². The normalized spacial score (nSPS) is 14.0. The van der Waals surface area contributed by atoms with Gasteiger partial charge in [0, 0.05) is 35.0 Å². The average Bonchev–Trinajstić information content (AvgIpc) is 2.80. The molecule has 0 unspecified atom stereocenters. The van der Waals surface area contributed by atoms with Gasteiger partial charge >= 0.3 is 0 Å². The first kappa shape index (κ1) is 21.3. The molecular weight excluding hydrogens is 430 g/mol. The zero-order valence-corrected chi connectivity index (χ0v) is 17.8. The number of amides is 2. The third-order valence-corrected chi connectivity index (χ3v) is 5.12. The molecule has 0 atom stereocenters. The molecule has 0 saturated heterocycles. The number of rotatable bonds is 5. The summed E-state index contributed by atoms with van der Waals surface area (Å²) in [5.74, 6) is -0.838. The molecule has 2 N–H and O–H groups in total. The van der Waals surface area contributed by atoms with E-state index in [0.717, 1.165) is 5.56 Å². The summed E-state index contributed by atoms with van der Waals surface area (Å²) in [6.45, 7) is 0.261.